The molecule has 1 aliphatic rings. The molecule has 0 spiro atoms. The highest BCUT2D eigenvalue weighted by atomic mass is 32.1. The van der Waals surface area contributed by atoms with Gasteiger partial charge in [0.2, 0.25) is 0 Å². The van der Waals surface area contributed by atoms with E-state index in [2.05, 4.69) is 34.7 Å². The molecule has 0 saturated carbocycles. The van der Waals surface area contributed by atoms with E-state index in [0.717, 1.165) is 35.2 Å². The summed E-state index contributed by atoms with van der Waals surface area (Å²) in [6.45, 7) is 6.38. The maximum absolute atomic E-state index is 5.69. The van der Waals surface area contributed by atoms with Crippen LogP contribution in [0.5, 0.6) is 11.5 Å². The molecule has 0 radical (unpaired) electrons. The van der Waals surface area contributed by atoms with Crippen LogP contribution in [0.15, 0.2) is 23.6 Å². The molecule has 0 aliphatic carbocycles. The molecule has 3 rings (SSSR count). The largest absolute Gasteiger partial charge is 0.486 e. The summed E-state index contributed by atoms with van der Waals surface area (Å²) < 4.78 is 11.3. The minimum absolute atomic E-state index is 0.111. The van der Waals surface area contributed by atoms with Gasteiger partial charge in [-0.3, -0.25) is 0 Å². The SMILES string of the molecule is CCCNC(c1ccc2c(c1)OCCO2)c1nc(C)cs1. The second-order valence-electron chi connectivity index (χ2n) is 5.12. The molecule has 0 fully saturated rings. The second kappa shape index (κ2) is 6.45. The molecule has 1 aromatic carbocycles. The van der Waals surface area contributed by atoms with Gasteiger partial charge in [0, 0.05) is 11.1 Å². The molecular formula is C16H20N2O2S. The van der Waals surface area contributed by atoms with Crippen LogP contribution < -0.4 is 14.8 Å². The molecule has 0 saturated heterocycles. The number of fused-ring (bicyclic) bond motifs is 1. The van der Waals surface area contributed by atoms with Crippen molar-refractivity contribution >= 4 is 11.3 Å². The van der Waals surface area contributed by atoms with Crippen LogP contribution in [-0.2, 0) is 0 Å². The van der Waals surface area contributed by atoms with E-state index in [1.54, 1.807) is 11.3 Å². The Morgan fingerprint density at radius 2 is 2.10 bits per heavy atom. The van der Waals surface area contributed by atoms with Crippen LogP contribution in [0.25, 0.3) is 0 Å². The normalized spacial score (nSPS) is 15.0. The molecule has 1 atom stereocenters. The molecule has 5 heteroatoms. The lowest BCUT2D eigenvalue weighted by Crippen LogP contribution is -2.23. The molecule has 0 bridgehead atoms. The molecule has 4 nitrogen and oxygen atoms in total. The van der Waals surface area contributed by atoms with Crippen molar-refractivity contribution in [3.63, 3.8) is 0 Å². The van der Waals surface area contributed by atoms with Gasteiger partial charge in [-0.2, -0.15) is 0 Å². The first-order chi connectivity index (χ1) is 10.3. The third-order valence-electron chi connectivity index (χ3n) is 3.38. The Morgan fingerprint density at radius 3 is 2.81 bits per heavy atom. The fourth-order valence-electron chi connectivity index (χ4n) is 2.38. The van der Waals surface area contributed by atoms with Gasteiger partial charge in [-0.15, -0.1) is 11.3 Å². The number of aryl methyl sites for hydroxylation is 1. The summed E-state index contributed by atoms with van der Waals surface area (Å²) in [6, 6.07) is 6.26. The number of hydrogen-bond acceptors (Lipinski definition) is 5. The number of ether oxygens (including phenoxy) is 2. The first kappa shape index (κ1) is 14.4. The number of rotatable bonds is 5. The number of thiazole rings is 1. The molecule has 21 heavy (non-hydrogen) atoms. The van der Waals surface area contributed by atoms with Gasteiger partial charge >= 0.3 is 0 Å². The quantitative estimate of drug-likeness (QED) is 0.920. The fourth-order valence-corrected chi connectivity index (χ4v) is 3.28. The van der Waals surface area contributed by atoms with Crippen LogP contribution in [0.1, 0.15) is 35.7 Å². The first-order valence-corrected chi connectivity index (χ1v) is 8.21. The predicted molar refractivity (Wildman–Crippen MR) is 84.4 cm³/mol. The summed E-state index contributed by atoms with van der Waals surface area (Å²) in [5.41, 5.74) is 2.23. The molecule has 1 aliphatic heterocycles. The van der Waals surface area contributed by atoms with Crippen LogP contribution in [-0.4, -0.2) is 24.7 Å². The monoisotopic (exact) mass is 304 g/mol. The molecule has 1 aromatic heterocycles. The zero-order valence-corrected chi connectivity index (χ0v) is 13.2. The number of hydrogen-bond donors (Lipinski definition) is 1. The highest BCUT2D eigenvalue weighted by Gasteiger charge is 2.20. The average Bonchev–Trinajstić information content (AvgIpc) is 2.94. The van der Waals surface area contributed by atoms with E-state index in [4.69, 9.17) is 9.47 Å². The Kier molecular flexibility index (Phi) is 4.41. The van der Waals surface area contributed by atoms with Crippen LogP contribution in [0.2, 0.25) is 0 Å². The van der Waals surface area contributed by atoms with Crippen molar-refractivity contribution in [2.75, 3.05) is 19.8 Å². The van der Waals surface area contributed by atoms with Crippen LogP contribution >= 0.6 is 11.3 Å². The lowest BCUT2D eigenvalue weighted by atomic mass is 10.1. The number of nitrogens with zero attached hydrogens (tertiary/aromatic N) is 1. The van der Waals surface area contributed by atoms with E-state index in [9.17, 15) is 0 Å². The number of benzene rings is 1. The van der Waals surface area contributed by atoms with E-state index in [1.807, 2.05) is 13.0 Å². The van der Waals surface area contributed by atoms with Gasteiger partial charge in [0.15, 0.2) is 11.5 Å². The predicted octanol–water partition coefficient (Wildman–Crippen LogP) is 3.31. The smallest absolute Gasteiger partial charge is 0.161 e. The lowest BCUT2D eigenvalue weighted by Gasteiger charge is -2.22. The van der Waals surface area contributed by atoms with E-state index >= 15 is 0 Å². The van der Waals surface area contributed by atoms with Gasteiger partial charge in [-0.1, -0.05) is 13.0 Å². The molecule has 1 N–H and O–H groups in total. The Hall–Kier alpha value is -1.59. The third kappa shape index (κ3) is 3.19. The summed E-state index contributed by atoms with van der Waals surface area (Å²) in [7, 11) is 0. The van der Waals surface area contributed by atoms with Gasteiger partial charge in [0.25, 0.3) is 0 Å². The topological polar surface area (TPSA) is 43.4 Å². The zero-order chi connectivity index (χ0) is 14.7. The number of nitrogens with one attached hydrogen (secondary N) is 1. The average molecular weight is 304 g/mol. The van der Waals surface area contributed by atoms with E-state index in [1.165, 1.54) is 5.56 Å². The van der Waals surface area contributed by atoms with E-state index < -0.39 is 0 Å². The molecule has 2 heterocycles. The summed E-state index contributed by atoms with van der Waals surface area (Å²) in [5.74, 6) is 1.66. The maximum atomic E-state index is 5.69. The third-order valence-corrected chi connectivity index (χ3v) is 4.41. The summed E-state index contributed by atoms with van der Waals surface area (Å²) in [6.07, 6.45) is 1.09. The Balaban J connectivity index is 1.92. The van der Waals surface area contributed by atoms with Gasteiger partial charge in [-0.05, 0) is 37.6 Å². The molecule has 112 valence electrons. The van der Waals surface area contributed by atoms with Gasteiger partial charge in [0.1, 0.15) is 18.2 Å². The highest BCUT2D eigenvalue weighted by Crippen LogP contribution is 2.35. The first-order valence-electron chi connectivity index (χ1n) is 7.33. The van der Waals surface area contributed by atoms with E-state index in [-0.39, 0.29) is 6.04 Å². The lowest BCUT2D eigenvalue weighted by molar-refractivity contribution is 0.171. The number of aromatic nitrogens is 1. The van der Waals surface area contributed by atoms with Gasteiger partial charge in [-0.25, -0.2) is 4.98 Å². The van der Waals surface area contributed by atoms with Crippen molar-refractivity contribution in [2.45, 2.75) is 26.3 Å². The summed E-state index contributed by atoms with van der Waals surface area (Å²) in [4.78, 5) is 4.64. The van der Waals surface area contributed by atoms with Crippen molar-refractivity contribution in [1.29, 1.82) is 0 Å². The Bertz CT molecular complexity index is 612. The zero-order valence-electron chi connectivity index (χ0n) is 12.4. The molecule has 1 unspecified atom stereocenters. The highest BCUT2D eigenvalue weighted by molar-refractivity contribution is 7.09. The summed E-state index contributed by atoms with van der Waals surface area (Å²) >= 11 is 1.69. The van der Waals surface area contributed by atoms with Crippen LogP contribution in [0.4, 0.5) is 0 Å². The fraction of sp³-hybridized carbons (Fsp3) is 0.438. The minimum atomic E-state index is 0.111. The van der Waals surface area contributed by atoms with Gasteiger partial charge < -0.3 is 14.8 Å². The van der Waals surface area contributed by atoms with Crippen LogP contribution in [0, 0.1) is 6.92 Å². The van der Waals surface area contributed by atoms with E-state index in [0.29, 0.717) is 13.2 Å². The minimum Gasteiger partial charge on any atom is -0.486 e. The van der Waals surface area contributed by atoms with Crippen LogP contribution in [0.3, 0.4) is 0 Å². The van der Waals surface area contributed by atoms with Crippen molar-refractivity contribution in [3.05, 3.63) is 39.8 Å². The maximum Gasteiger partial charge on any atom is 0.161 e. The van der Waals surface area contributed by atoms with Gasteiger partial charge in [0.05, 0.1) is 6.04 Å². The van der Waals surface area contributed by atoms with Crippen molar-refractivity contribution < 1.29 is 9.47 Å². The Morgan fingerprint density at radius 1 is 1.29 bits per heavy atom. The van der Waals surface area contributed by atoms with Crippen molar-refractivity contribution in [2.24, 2.45) is 0 Å². The standard InChI is InChI=1S/C16H20N2O2S/c1-3-6-17-15(16-18-11(2)10-21-16)12-4-5-13-14(9-12)20-8-7-19-13/h4-5,9-10,15,17H,3,6-8H2,1-2H3. The summed E-state index contributed by atoms with van der Waals surface area (Å²) in [5, 5.41) is 6.76. The molecule has 2 aromatic rings. The Labute approximate surface area is 129 Å². The second-order valence-corrected chi connectivity index (χ2v) is 6.01. The van der Waals surface area contributed by atoms with Crippen molar-refractivity contribution in [1.82, 2.24) is 10.3 Å². The van der Waals surface area contributed by atoms with Crippen molar-refractivity contribution in [3.8, 4) is 11.5 Å². The molecule has 0 amide bonds. The molecular weight excluding hydrogens is 284 g/mol.